The maximum atomic E-state index is 5.13. The summed E-state index contributed by atoms with van der Waals surface area (Å²) >= 11 is 0. The predicted octanol–water partition coefficient (Wildman–Crippen LogP) is 13.5. The highest BCUT2D eigenvalue weighted by atomic mass is 15.3. The second-order valence-corrected chi connectivity index (χ2v) is 17.5. The van der Waals surface area contributed by atoms with Crippen LogP contribution in [0.5, 0.6) is 0 Å². The first-order chi connectivity index (χ1) is 30.5. The van der Waals surface area contributed by atoms with Gasteiger partial charge in [0.25, 0.3) is 0 Å². The lowest BCUT2D eigenvalue weighted by atomic mass is 9.55. The third-order valence-corrected chi connectivity index (χ3v) is 13.8. The number of nitrogens with one attached hydrogen (secondary N) is 2. The Kier molecular flexibility index (Phi) is 8.32. The van der Waals surface area contributed by atoms with Gasteiger partial charge < -0.3 is 5.32 Å². The summed E-state index contributed by atoms with van der Waals surface area (Å²) < 4.78 is 0. The molecule has 0 amide bonds. The first kappa shape index (κ1) is 36.5. The quantitative estimate of drug-likeness (QED) is 0.182. The molecule has 0 saturated heterocycles. The summed E-state index contributed by atoms with van der Waals surface area (Å²) in [6, 6.07) is 78.3. The van der Waals surface area contributed by atoms with Gasteiger partial charge in [-0.2, -0.15) is 0 Å². The molecule has 3 aliphatic rings. The summed E-state index contributed by atoms with van der Waals surface area (Å²) in [5.41, 5.74) is 18.4. The number of nitrogens with zero attached hydrogens (tertiary/aromatic N) is 1. The van der Waals surface area contributed by atoms with Crippen LogP contribution in [0.2, 0.25) is 0 Å². The van der Waals surface area contributed by atoms with Crippen molar-refractivity contribution < 1.29 is 0 Å². The molecular formula is C59H45N3. The molecule has 3 heteroatoms. The summed E-state index contributed by atoms with van der Waals surface area (Å²) in [6.45, 7) is 4.78. The zero-order valence-electron chi connectivity index (χ0n) is 34.8. The first-order valence-corrected chi connectivity index (χ1v) is 21.8. The van der Waals surface area contributed by atoms with Crippen molar-refractivity contribution in [1.29, 1.82) is 0 Å². The highest BCUT2D eigenvalue weighted by molar-refractivity contribution is 6.00. The molecule has 1 aliphatic heterocycles. The maximum Gasteiger partial charge on any atom is 0.131 e. The molecule has 2 unspecified atom stereocenters. The van der Waals surface area contributed by atoms with Crippen LogP contribution in [-0.4, -0.2) is 5.84 Å². The van der Waals surface area contributed by atoms with Gasteiger partial charge in [-0.05, 0) is 107 Å². The Morgan fingerprint density at radius 3 is 1.56 bits per heavy atom. The molecule has 9 aromatic carbocycles. The Morgan fingerprint density at radius 2 is 0.903 bits per heavy atom. The van der Waals surface area contributed by atoms with Crippen LogP contribution in [0, 0.1) is 0 Å². The number of fused-ring (bicyclic) bond motifs is 10. The van der Waals surface area contributed by atoms with E-state index < -0.39 is 5.41 Å². The molecule has 1 heterocycles. The van der Waals surface area contributed by atoms with Crippen molar-refractivity contribution in [3.8, 4) is 33.4 Å². The topological polar surface area (TPSA) is 36.4 Å². The Labute approximate surface area is 363 Å². The van der Waals surface area contributed by atoms with Crippen LogP contribution in [0.4, 0.5) is 0 Å². The van der Waals surface area contributed by atoms with Gasteiger partial charge in [0, 0.05) is 11.0 Å². The van der Waals surface area contributed by atoms with E-state index in [-0.39, 0.29) is 17.7 Å². The van der Waals surface area contributed by atoms with Crippen molar-refractivity contribution >= 4 is 16.6 Å². The fourth-order valence-corrected chi connectivity index (χ4v) is 10.9. The van der Waals surface area contributed by atoms with Gasteiger partial charge in [0.2, 0.25) is 0 Å². The number of benzene rings is 9. The van der Waals surface area contributed by atoms with Gasteiger partial charge in [-0.25, -0.2) is 4.99 Å². The molecule has 0 fully saturated rings. The molecule has 2 N–H and O–H groups in total. The van der Waals surface area contributed by atoms with Gasteiger partial charge in [-0.3, -0.25) is 5.32 Å². The summed E-state index contributed by atoms with van der Waals surface area (Å²) in [5, 5.41) is 9.96. The Hall–Kier alpha value is -7.33. The molecule has 2 atom stereocenters. The SMILES string of the molecule is CC1(C)c2ccccc2C2(c3ccccc3-c3ccc(-c4cc5ccccc5cc4-c4ccc(C5NC(c6ccccc6)=NC(c6ccccc6)N5)cc4)cc32)c2ccccc21. The van der Waals surface area contributed by atoms with Gasteiger partial charge in [0.05, 0.1) is 5.41 Å². The van der Waals surface area contributed by atoms with Crippen LogP contribution in [0.25, 0.3) is 44.2 Å². The highest BCUT2D eigenvalue weighted by Crippen LogP contribution is 2.62. The predicted molar refractivity (Wildman–Crippen MR) is 255 cm³/mol. The van der Waals surface area contributed by atoms with Crippen LogP contribution in [0.1, 0.15) is 76.3 Å². The molecule has 0 aromatic heterocycles. The molecule has 12 rings (SSSR count). The van der Waals surface area contributed by atoms with Gasteiger partial charge >= 0.3 is 0 Å². The average Bonchev–Trinajstić information content (AvgIpc) is 3.63. The monoisotopic (exact) mass is 795 g/mol. The van der Waals surface area contributed by atoms with Crippen LogP contribution in [0.15, 0.2) is 217 Å². The zero-order valence-corrected chi connectivity index (χ0v) is 34.8. The lowest BCUT2D eigenvalue weighted by molar-refractivity contribution is 0.409. The molecular weight excluding hydrogens is 751 g/mol. The Bertz CT molecular complexity index is 3170. The standard InChI is InChI=1S/C59H45N3/c1-58(2)50-25-13-15-27-52(50)59(53-28-16-14-26-51(53)58)49-24-12-11-23-45(49)46-34-33-44(37-54(46)59)48-36-43-22-10-9-21-42(43)35-47(48)38-29-31-41(32-30-38)57-61-55(39-17-5-3-6-18-39)60-56(62-57)40-19-7-4-8-20-40/h3-37,55,57,61H,1-2H3,(H,60,62). The van der Waals surface area contributed by atoms with Crippen LogP contribution < -0.4 is 10.6 Å². The summed E-state index contributed by atoms with van der Waals surface area (Å²) in [4.78, 5) is 5.13. The summed E-state index contributed by atoms with van der Waals surface area (Å²) in [7, 11) is 0. The van der Waals surface area contributed by atoms with Crippen molar-refractivity contribution in [3.05, 3.63) is 262 Å². The third kappa shape index (κ3) is 5.52. The number of aliphatic imine (C=N–C) groups is 1. The third-order valence-electron chi connectivity index (χ3n) is 13.8. The van der Waals surface area contributed by atoms with E-state index in [9.17, 15) is 0 Å². The number of hydrogen-bond acceptors (Lipinski definition) is 3. The van der Waals surface area contributed by atoms with E-state index in [0.29, 0.717) is 0 Å². The largest absolute Gasteiger partial charge is 0.350 e. The molecule has 0 bridgehead atoms. The van der Waals surface area contributed by atoms with Crippen LogP contribution >= 0.6 is 0 Å². The van der Waals surface area contributed by atoms with Crippen molar-refractivity contribution in [2.24, 2.45) is 4.99 Å². The normalized spacial score (nSPS) is 17.6. The highest BCUT2D eigenvalue weighted by Gasteiger charge is 2.53. The second kappa shape index (κ2) is 14.1. The summed E-state index contributed by atoms with van der Waals surface area (Å²) in [6.07, 6.45) is -0.327. The zero-order chi connectivity index (χ0) is 41.4. The van der Waals surface area contributed by atoms with Crippen molar-refractivity contribution in [1.82, 2.24) is 10.6 Å². The Balaban J connectivity index is 1.00. The van der Waals surface area contributed by atoms with Gasteiger partial charge in [0.1, 0.15) is 18.2 Å². The van der Waals surface area contributed by atoms with Crippen molar-refractivity contribution in [3.63, 3.8) is 0 Å². The lowest BCUT2D eigenvalue weighted by Crippen LogP contribution is -2.44. The van der Waals surface area contributed by atoms with E-state index in [1.807, 2.05) is 6.07 Å². The molecule has 1 spiro atoms. The molecule has 3 nitrogen and oxygen atoms in total. The molecule has 62 heavy (non-hydrogen) atoms. The molecule has 2 aliphatic carbocycles. The fraction of sp³-hybridized carbons (Fsp3) is 0.102. The van der Waals surface area contributed by atoms with Gasteiger partial charge in [0.15, 0.2) is 0 Å². The van der Waals surface area contributed by atoms with E-state index in [2.05, 4.69) is 231 Å². The molecule has 296 valence electrons. The summed E-state index contributed by atoms with van der Waals surface area (Å²) in [5.74, 6) is 0.882. The Morgan fingerprint density at radius 1 is 0.387 bits per heavy atom. The minimum Gasteiger partial charge on any atom is -0.350 e. The minimum atomic E-state index is -0.456. The maximum absolute atomic E-state index is 5.13. The van der Waals surface area contributed by atoms with Crippen LogP contribution in [0.3, 0.4) is 0 Å². The molecule has 0 saturated carbocycles. The van der Waals surface area contributed by atoms with E-state index >= 15 is 0 Å². The van der Waals surface area contributed by atoms with Gasteiger partial charge in [-0.1, -0.05) is 208 Å². The minimum absolute atomic E-state index is 0.140. The molecule has 9 aromatic rings. The van der Waals surface area contributed by atoms with Crippen LogP contribution in [-0.2, 0) is 10.8 Å². The first-order valence-electron chi connectivity index (χ1n) is 21.8. The van der Waals surface area contributed by atoms with E-state index in [4.69, 9.17) is 4.99 Å². The van der Waals surface area contributed by atoms with E-state index in [1.165, 1.54) is 77.5 Å². The van der Waals surface area contributed by atoms with Crippen molar-refractivity contribution in [2.45, 2.75) is 37.0 Å². The number of rotatable bonds is 5. The average molecular weight is 796 g/mol. The molecule has 0 radical (unpaired) electrons. The van der Waals surface area contributed by atoms with E-state index in [0.717, 1.165) is 22.5 Å². The fourth-order valence-electron chi connectivity index (χ4n) is 10.9. The van der Waals surface area contributed by atoms with Gasteiger partial charge in [-0.15, -0.1) is 0 Å². The lowest BCUT2D eigenvalue weighted by Gasteiger charge is -2.46. The van der Waals surface area contributed by atoms with E-state index in [1.54, 1.807) is 0 Å². The number of amidine groups is 1. The second-order valence-electron chi connectivity index (χ2n) is 17.5. The smallest absolute Gasteiger partial charge is 0.131 e. The van der Waals surface area contributed by atoms with Crippen molar-refractivity contribution in [2.75, 3.05) is 0 Å². The number of hydrogen-bond donors (Lipinski definition) is 2.